The minimum absolute atomic E-state index is 0.0102. The van der Waals surface area contributed by atoms with E-state index in [-0.39, 0.29) is 17.9 Å². The Bertz CT molecular complexity index is 455. The average Bonchev–Trinajstić information content (AvgIpc) is 2.46. The summed E-state index contributed by atoms with van der Waals surface area (Å²) in [5.41, 5.74) is 6.75. The predicted molar refractivity (Wildman–Crippen MR) is 83.1 cm³/mol. The number of benzene rings is 1. The lowest BCUT2D eigenvalue weighted by Gasteiger charge is -2.08. The number of ether oxygens (including phenoxy) is 1. The van der Waals surface area contributed by atoms with Gasteiger partial charge < -0.3 is 15.8 Å². The SMILES string of the molecule is CCCCOC(=O)c1ccc(NC(=O)CCC(C)N)cc1. The van der Waals surface area contributed by atoms with E-state index < -0.39 is 0 Å². The van der Waals surface area contributed by atoms with Crippen molar-refractivity contribution in [1.82, 2.24) is 0 Å². The number of rotatable bonds is 8. The van der Waals surface area contributed by atoms with E-state index >= 15 is 0 Å². The second kappa shape index (κ2) is 9.13. The van der Waals surface area contributed by atoms with Gasteiger partial charge in [-0.3, -0.25) is 4.79 Å². The van der Waals surface area contributed by atoms with Gasteiger partial charge in [-0.25, -0.2) is 4.79 Å². The zero-order valence-corrected chi connectivity index (χ0v) is 12.7. The number of amides is 1. The summed E-state index contributed by atoms with van der Waals surface area (Å²) in [6.45, 7) is 4.34. The smallest absolute Gasteiger partial charge is 0.338 e. The Morgan fingerprint density at radius 1 is 1.29 bits per heavy atom. The molecule has 0 heterocycles. The lowest BCUT2D eigenvalue weighted by atomic mass is 10.1. The molecule has 0 spiro atoms. The minimum atomic E-state index is -0.335. The van der Waals surface area contributed by atoms with Crippen LogP contribution in [-0.4, -0.2) is 24.5 Å². The topological polar surface area (TPSA) is 81.4 Å². The van der Waals surface area contributed by atoms with Crippen LogP contribution < -0.4 is 11.1 Å². The van der Waals surface area contributed by atoms with Crippen LogP contribution in [0.1, 0.15) is 49.9 Å². The first kappa shape index (κ1) is 17.2. The van der Waals surface area contributed by atoms with E-state index in [2.05, 4.69) is 5.32 Å². The Kier molecular flexibility index (Phi) is 7.46. The van der Waals surface area contributed by atoms with Gasteiger partial charge in [-0.1, -0.05) is 13.3 Å². The first-order chi connectivity index (χ1) is 10.0. The molecule has 0 saturated carbocycles. The maximum absolute atomic E-state index is 11.7. The number of carbonyl (C=O) groups is 2. The van der Waals surface area contributed by atoms with Crippen LogP contribution in [0.2, 0.25) is 0 Å². The quantitative estimate of drug-likeness (QED) is 0.570. The molecule has 0 aliphatic rings. The number of hydrogen-bond acceptors (Lipinski definition) is 4. The minimum Gasteiger partial charge on any atom is -0.462 e. The lowest BCUT2D eigenvalue weighted by molar-refractivity contribution is -0.116. The summed E-state index contributed by atoms with van der Waals surface area (Å²) in [6, 6.07) is 6.70. The fraction of sp³-hybridized carbons (Fsp3) is 0.500. The molecule has 0 aliphatic carbocycles. The van der Waals surface area contributed by atoms with E-state index in [1.807, 2.05) is 13.8 Å². The summed E-state index contributed by atoms with van der Waals surface area (Å²) in [7, 11) is 0. The van der Waals surface area contributed by atoms with Crippen molar-refractivity contribution >= 4 is 17.6 Å². The third kappa shape index (κ3) is 6.90. The largest absolute Gasteiger partial charge is 0.462 e. The van der Waals surface area contributed by atoms with Crippen molar-refractivity contribution in [1.29, 1.82) is 0 Å². The molecule has 0 aliphatic heterocycles. The van der Waals surface area contributed by atoms with Gasteiger partial charge in [0.15, 0.2) is 0 Å². The van der Waals surface area contributed by atoms with Crippen LogP contribution in [0.25, 0.3) is 0 Å². The van der Waals surface area contributed by atoms with Crippen molar-refractivity contribution in [2.75, 3.05) is 11.9 Å². The molecule has 0 aromatic heterocycles. The molecule has 1 rings (SSSR count). The number of anilines is 1. The number of esters is 1. The molecule has 1 amide bonds. The number of carbonyl (C=O) groups excluding carboxylic acids is 2. The number of nitrogens with one attached hydrogen (secondary N) is 1. The van der Waals surface area contributed by atoms with Crippen LogP contribution in [0, 0.1) is 0 Å². The summed E-state index contributed by atoms with van der Waals surface area (Å²) in [4.78, 5) is 23.4. The summed E-state index contributed by atoms with van der Waals surface area (Å²) < 4.78 is 5.11. The van der Waals surface area contributed by atoms with E-state index in [9.17, 15) is 9.59 Å². The molecule has 0 radical (unpaired) electrons. The third-order valence-electron chi connectivity index (χ3n) is 2.96. The van der Waals surface area contributed by atoms with Gasteiger partial charge in [0.1, 0.15) is 0 Å². The first-order valence-corrected chi connectivity index (χ1v) is 7.35. The van der Waals surface area contributed by atoms with Gasteiger partial charge in [0.25, 0.3) is 0 Å². The molecule has 5 heteroatoms. The van der Waals surface area contributed by atoms with E-state index in [1.54, 1.807) is 24.3 Å². The van der Waals surface area contributed by atoms with Crippen LogP contribution in [0.15, 0.2) is 24.3 Å². The molecule has 1 aromatic carbocycles. The highest BCUT2D eigenvalue weighted by atomic mass is 16.5. The van der Waals surface area contributed by atoms with Crippen molar-refractivity contribution in [2.24, 2.45) is 5.73 Å². The Labute approximate surface area is 125 Å². The highest BCUT2D eigenvalue weighted by Gasteiger charge is 2.08. The first-order valence-electron chi connectivity index (χ1n) is 7.35. The zero-order chi connectivity index (χ0) is 15.7. The molecular formula is C16H24N2O3. The number of nitrogens with two attached hydrogens (primary N) is 1. The fourth-order valence-electron chi connectivity index (χ4n) is 1.66. The second-order valence-corrected chi connectivity index (χ2v) is 5.13. The molecular weight excluding hydrogens is 268 g/mol. The summed E-state index contributed by atoms with van der Waals surface area (Å²) in [5.74, 6) is -0.413. The lowest BCUT2D eigenvalue weighted by Crippen LogP contribution is -2.19. The number of hydrogen-bond donors (Lipinski definition) is 2. The van der Waals surface area contributed by atoms with E-state index in [0.717, 1.165) is 12.8 Å². The normalized spacial score (nSPS) is 11.8. The molecule has 116 valence electrons. The second-order valence-electron chi connectivity index (χ2n) is 5.13. The van der Waals surface area contributed by atoms with E-state index in [1.165, 1.54) is 0 Å². The van der Waals surface area contributed by atoms with Gasteiger partial charge in [-0.05, 0) is 44.0 Å². The molecule has 3 N–H and O–H groups in total. The monoisotopic (exact) mass is 292 g/mol. The van der Waals surface area contributed by atoms with Gasteiger partial charge in [-0.15, -0.1) is 0 Å². The Morgan fingerprint density at radius 2 is 1.95 bits per heavy atom. The van der Waals surface area contributed by atoms with Crippen LogP contribution >= 0.6 is 0 Å². The maximum Gasteiger partial charge on any atom is 0.338 e. The predicted octanol–water partition coefficient (Wildman–Crippen LogP) is 2.71. The summed E-state index contributed by atoms with van der Waals surface area (Å²) >= 11 is 0. The van der Waals surface area contributed by atoms with Crippen molar-refractivity contribution in [3.8, 4) is 0 Å². The highest BCUT2D eigenvalue weighted by molar-refractivity contribution is 5.93. The molecule has 0 fully saturated rings. The van der Waals surface area contributed by atoms with Crippen molar-refractivity contribution in [2.45, 2.75) is 45.6 Å². The van der Waals surface area contributed by atoms with Crippen LogP contribution in [-0.2, 0) is 9.53 Å². The highest BCUT2D eigenvalue weighted by Crippen LogP contribution is 2.11. The van der Waals surface area contributed by atoms with E-state index in [0.29, 0.717) is 30.7 Å². The molecule has 0 bridgehead atoms. The van der Waals surface area contributed by atoms with Crippen molar-refractivity contribution in [3.63, 3.8) is 0 Å². The molecule has 21 heavy (non-hydrogen) atoms. The van der Waals surface area contributed by atoms with Gasteiger partial charge >= 0.3 is 5.97 Å². The number of unbranched alkanes of at least 4 members (excludes halogenated alkanes) is 1. The summed E-state index contributed by atoms with van der Waals surface area (Å²) in [5, 5.41) is 2.77. The Hall–Kier alpha value is -1.88. The van der Waals surface area contributed by atoms with Crippen LogP contribution in [0.3, 0.4) is 0 Å². The van der Waals surface area contributed by atoms with Crippen LogP contribution in [0.5, 0.6) is 0 Å². The van der Waals surface area contributed by atoms with E-state index in [4.69, 9.17) is 10.5 Å². The van der Waals surface area contributed by atoms with Crippen molar-refractivity contribution < 1.29 is 14.3 Å². The summed E-state index contributed by atoms with van der Waals surface area (Å²) in [6.07, 6.45) is 2.88. The van der Waals surface area contributed by atoms with Crippen LogP contribution in [0.4, 0.5) is 5.69 Å². The Morgan fingerprint density at radius 3 is 2.52 bits per heavy atom. The fourth-order valence-corrected chi connectivity index (χ4v) is 1.66. The van der Waals surface area contributed by atoms with Gasteiger partial charge in [-0.2, -0.15) is 0 Å². The Balaban J connectivity index is 2.46. The zero-order valence-electron chi connectivity index (χ0n) is 12.7. The van der Waals surface area contributed by atoms with Gasteiger partial charge in [0, 0.05) is 18.2 Å². The maximum atomic E-state index is 11.7. The molecule has 1 unspecified atom stereocenters. The molecule has 0 saturated heterocycles. The van der Waals surface area contributed by atoms with Gasteiger partial charge in [0.2, 0.25) is 5.91 Å². The molecule has 1 atom stereocenters. The van der Waals surface area contributed by atoms with Gasteiger partial charge in [0.05, 0.1) is 12.2 Å². The molecule has 5 nitrogen and oxygen atoms in total. The van der Waals surface area contributed by atoms with Crippen molar-refractivity contribution in [3.05, 3.63) is 29.8 Å². The average molecular weight is 292 g/mol. The third-order valence-corrected chi connectivity index (χ3v) is 2.96. The standard InChI is InChI=1S/C16H24N2O3/c1-3-4-11-21-16(20)13-6-8-14(9-7-13)18-15(19)10-5-12(2)17/h6-9,12H,3-5,10-11,17H2,1-2H3,(H,18,19). The molecule has 1 aromatic rings.